The number of hydrogen-bond donors (Lipinski definition) is 1. The van der Waals surface area contributed by atoms with Gasteiger partial charge >= 0.3 is 0 Å². The Labute approximate surface area is 207 Å². The van der Waals surface area contributed by atoms with Crippen molar-refractivity contribution in [2.45, 2.75) is 26.1 Å². The monoisotopic (exact) mass is 491 g/mol. The number of benzene rings is 2. The van der Waals surface area contributed by atoms with Crippen molar-refractivity contribution in [2.24, 2.45) is 7.05 Å². The topological polar surface area (TPSA) is 80.9 Å². The first-order valence-electron chi connectivity index (χ1n) is 11.4. The lowest BCUT2D eigenvalue weighted by atomic mass is 10.1. The average molecular weight is 492 g/mol. The first kappa shape index (κ1) is 23.1. The summed E-state index contributed by atoms with van der Waals surface area (Å²) >= 11 is 6.21. The number of carbonyl (C=O) groups is 1. The SMILES string of the molecule is COc1ccc(CN2CCc3c(c(=O)n4ncc(C(=O)NCc5ccccc5Cl)c4n3C)C2)cc1. The summed E-state index contributed by atoms with van der Waals surface area (Å²) in [5.74, 6) is 0.520. The highest BCUT2D eigenvalue weighted by Gasteiger charge is 2.26. The number of halogens is 1. The Morgan fingerprint density at radius 2 is 1.94 bits per heavy atom. The predicted octanol–water partition coefficient (Wildman–Crippen LogP) is 3.18. The Hall–Kier alpha value is -3.62. The summed E-state index contributed by atoms with van der Waals surface area (Å²) in [5, 5.41) is 7.76. The van der Waals surface area contributed by atoms with Crippen LogP contribution < -0.4 is 15.6 Å². The smallest absolute Gasteiger partial charge is 0.279 e. The van der Waals surface area contributed by atoms with Crippen LogP contribution in [-0.4, -0.2) is 38.6 Å². The molecule has 0 bridgehead atoms. The van der Waals surface area contributed by atoms with Gasteiger partial charge in [-0.2, -0.15) is 9.61 Å². The fraction of sp³-hybridized carbons (Fsp3) is 0.269. The third-order valence-corrected chi connectivity index (χ3v) is 6.89. The molecule has 2 aromatic heterocycles. The minimum absolute atomic E-state index is 0.183. The molecule has 2 aromatic carbocycles. The Kier molecular flexibility index (Phi) is 6.32. The molecule has 1 aliphatic heterocycles. The third-order valence-electron chi connectivity index (χ3n) is 6.52. The first-order valence-corrected chi connectivity index (χ1v) is 11.8. The quantitative estimate of drug-likeness (QED) is 0.448. The van der Waals surface area contributed by atoms with Crippen LogP contribution in [0.4, 0.5) is 0 Å². The van der Waals surface area contributed by atoms with Gasteiger partial charge in [-0.05, 0) is 29.3 Å². The number of aromatic nitrogens is 3. The number of fused-ring (bicyclic) bond motifs is 2. The van der Waals surface area contributed by atoms with Crippen molar-refractivity contribution in [3.05, 3.63) is 98.1 Å². The van der Waals surface area contributed by atoms with Crippen molar-refractivity contribution in [1.82, 2.24) is 24.4 Å². The van der Waals surface area contributed by atoms with E-state index < -0.39 is 0 Å². The van der Waals surface area contributed by atoms with Gasteiger partial charge in [-0.1, -0.05) is 41.9 Å². The molecular formula is C26H26ClN5O3. The van der Waals surface area contributed by atoms with Crippen LogP contribution in [0.3, 0.4) is 0 Å². The summed E-state index contributed by atoms with van der Waals surface area (Å²) in [6.45, 7) is 2.36. The van der Waals surface area contributed by atoms with Gasteiger partial charge in [0, 0.05) is 50.4 Å². The van der Waals surface area contributed by atoms with Gasteiger partial charge in [0.25, 0.3) is 11.5 Å². The molecule has 0 fully saturated rings. The molecule has 0 radical (unpaired) electrons. The van der Waals surface area contributed by atoms with E-state index in [1.807, 2.05) is 54.1 Å². The molecule has 180 valence electrons. The van der Waals surface area contributed by atoms with Gasteiger partial charge in [0.05, 0.1) is 18.9 Å². The second-order valence-corrected chi connectivity index (χ2v) is 9.07. The number of methoxy groups -OCH3 is 1. The fourth-order valence-corrected chi connectivity index (χ4v) is 4.84. The molecule has 0 saturated carbocycles. The summed E-state index contributed by atoms with van der Waals surface area (Å²) in [6.07, 6.45) is 2.17. The maximum atomic E-state index is 13.4. The van der Waals surface area contributed by atoms with Crippen molar-refractivity contribution in [3.63, 3.8) is 0 Å². The minimum atomic E-state index is -0.299. The molecule has 8 nitrogen and oxygen atoms in total. The number of amides is 1. The lowest BCUT2D eigenvalue weighted by Crippen LogP contribution is -2.38. The standard InChI is InChI=1S/C26H26ClN5O3/c1-30-23-11-12-31(15-17-7-9-19(35-2)10-8-17)16-21(23)26(34)32-25(30)20(14-29-32)24(33)28-13-18-5-3-4-6-22(18)27/h3-10,14H,11-13,15-16H2,1-2H3,(H,28,33). The number of aryl methyl sites for hydroxylation is 1. The van der Waals surface area contributed by atoms with Crippen LogP contribution in [-0.2, 0) is 33.1 Å². The summed E-state index contributed by atoms with van der Waals surface area (Å²) in [4.78, 5) is 28.6. The Morgan fingerprint density at radius 3 is 2.69 bits per heavy atom. The van der Waals surface area contributed by atoms with Crippen LogP contribution in [0.1, 0.15) is 32.7 Å². The van der Waals surface area contributed by atoms with Crippen molar-refractivity contribution in [1.29, 1.82) is 0 Å². The Balaban J connectivity index is 1.39. The van der Waals surface area contributed by atoms with Crippen molar-refractivity contribution < 1.29 is 9.53 Å². The molecule has 9 heteroatoms. The van der Waals surface area contributed by atoms with Crippen LogP contribution in [0.5, 0.6) is 5.75 Å². The van der Waals surface area contributed by atoms with Crippen LogP contribution in [0.15, 0.2) is 59.5 Å². The highest BCUT2D eigenvalue weighted by molar-refractivity contribution is 6.31. The number of rotatable bonds is 6. The van der Waals surface area contributed by atoms with Gasteiger partial charge in [-0.25, -0.2) is 0 Å². The van der Waals surface area contributed by atoms with E-state index >= 15 is 0 Å². The number of nitrogens with zero attached hydrogens (tertiary/aromatic N) is 4. The van der Waals surface area contributed by atoms with E-state index in [0.717, 1.165) is 35.7 Å². The van der Waals surface area contributed by atoms with Crippen molar-refractivity contribution in [3.8, 4) is 5.75 Å². The number of nitrogens with one attached hydrogen (secondary N) is 1. The summed E-state index contributed by atoms with van der Waals surface area (Å²) in [7, 11) is 3.54. The van der Waals surface area contributed by atoms with Crippen molar-refractivity contribution >= 4 is 23.2 Å². The largest absolute Gasteiger partial charge is 0.497 e. The zero-order valence-corrected chi connectivity index (χ0v) is 20.4. The fourth-order valence-electron chi connectivity index (χ4n) is 4.64. The molecule has 4 aromatic rings. The number of carbonyl (C=O) groups excluding carboxylic acids is 1. The molecular weight excluding hydrogens is 466 g/mol. The number of ether oxygens (including phenoxy) is 1. The summed E-state index contributed by atoms with van der Waals surface area (Å²) in [6, 6.07) is 15.3. The molecule has 5 rings (SSSR count). The molecule has 1 aliphatic rings. The summed E-state index contributed by atoms with van der Waals surface area (Å²) in [5.41, 5.74) is 4.30. The molecule has 0 spiro atoms. The highest BCUT2D eigenvalue weighted by Crippen LogP contribution is 2.22. The van der Waals surface area contributed by atoms with Crippen LogP contribution in [0, 0.1) is 0 Å². The first-order chi connectivity index (χ1) is 17.0. The predicted molar refractivity (Wildman–Crippen MR) is 134 cm³/mol. The normalized spacial score (nSPS) is 13.6. The molecule has 1 amide bonds. The van der Waals surface area contributed by atoms with Crippen LogP contribution >= 0.6 is 11.6 Å². The maximum absolute atomic E-state index is 13.4. The van der Waals surface area contributed by atoms with Gasteiger partial charge in [-0.15, -0.1) is 0 Å². The molecule has 0 unspecified atom stereocenters. The van der Waals surface area contributed by atoms with Crippen molar-refractivity contribution in [2.75, 3.05) is 13.7 Å². The van der Waals surface area contributed by atoms with E-state index in [1.54, 1.807) is 13.2 Å². The zero-order chi connectivity index (χ0) is 24.5. The molecule has 1 N–H and O–H groups in total. The van der Waals surface area contributed by atoms with Gasteiger partial charge in [0.15, 0.2) is 5.65 Å². The molecule has 3 heterocycles. The molecule has 0 saturated heterocycles. The van der Waals surface area contributed by atoms with E-state index in [2.05, 4.69) is 15.3 Å². The number of hydrogen-bond acceptors (Lipinski definition) is 5. The van der Waals surface area contributed by atoms with E-state index in [9.17, 15) is 9.59 Å². The lowest BCUT2D eigenvalue weighted by molar-refractivity contribution is 0.0952. The lowest BCUT2D eigenvalue weighted by Gasteiger charge is -2.30. The molecule has 35 heavy (non-hydrogen) atoms. The minimum Gasteiger partial charge on any atom is -0.497 e. The van der Waals surface area contributed by atoms with E-state index in [1.165, 1.54) is 10.7 Å². The van der Waals surface area contributed by atoms with Crippen LogP contribution in [0.2, 0.25) is 5.02 Å². The summed E-state index contributed by atoms with van der Waals surface area (Å²) < 4.78 is 8.50. The van der Waals surface area contributed by atoms with E-state index in [4.69, 9.17) is 16.3 Å². The Morgan fingerprint density at radius 1 is 1.17 bits per heavy atom. The van der Waals surface area contributed by atoms with Crippen LogP contribution in [0.25, 0.3) is 5.65 Å². The maximum Gasteiger partial charge on any atom is 0.279 e. The molecule has 0 aliphatic carbocycles. The van der Waals surface area contributed by atoms with Gasteiger partial charge in [0.1, 0.15) is 11.3 Å². The highest BCUT2D eigenvalue weighted by atomic mass is 35.5. The second kappa shape index (κ2) is 9.56. The van der Waals surface area contributed by atoms with E-state index in [0.29, 0.717) is 34.8 Å². The third kappa shape index (κ3) is 4.42. The average Bonchev–Trinajstić information content (AvgIpc) is 3.33. The van der Waals surface area contributed by atoms with Gasteiger partial charge in [-0.3, -0.25) is 14.5 Å². The zero-order valence-electron chi connectivity index (χ0n) is 19.6. The van der Waals surface area contributed by atoms with Gasteiger partial charge < -0.3 is 14.6 Å². The van der Waals surface area contributed by atoms with E-state index in [-0.39, 0.29) is 18.0 Å². The second-order valence-electron chi connectivity index (χ2n) is 8.67. The Bertz CT molecular complexity index is 1460. The molecule has 0 atom stereocenters. The van der Waals surface area contributed by atoms with Gasteiger partial charge in [0.2, 0.25) is 0 Å².